The van der Waals surface area contributed by atoms with Gasteiger partial charge in [-0.25, -0.2) is 0 Å². The van der Waals surface area contributed by atoms with Crippen LogP contribution < -0.4 is 16.0 Å². The average molecular weight is 385 g/mol. The number of halogens is 1. The number of carbonyl (C=O) groups excluding carboxylic acids is 1. The van der Waals surface area contributed by atoms with Gasteiger partial charge in [-0.1, -0.05) is 36.4 Å². The predicted molar refractivity (Wildman–Crippen MR) is 113 cm³/mol. The lowest BCUT2D eigenvalue weighted by Crippen LogP contribution is -2.29. The highest BCUT2D eigenvalue weighted by atomic mass is 35.5. The molecule has 3 N–H and O–H groups in total. The normalized spacial score (nSPS) is 16.5. The number of rotatable bonds is 5. The van der Waals surface area contributed by atoms with Gasteiger partial charge in [0.1, 0.15) is 5.69 Å². The Balaban J connectivity index is 0.00000210. The van der Waals surface area contributed by atoms with E-state index in [0.717, 1.165) is 36.0 Å². The lowest BCUT2D eigenvalue weighted by atomic mass is 10.2. The Bertz CT molecular complexity index is 938. The van der Waals surface area contributed by atoms with Gasteiger partial charge < -0.3 is 20.5 Å². The van der Waals surface area contributed by atoms with Gasteiger partial charge in [0.2, 0.25) is 0 Å². The lowest BCUT2D eigenvalue weighted by Gasteiger charge is -2.20. The van der Waals surface area contributed by atoms with Crippen LogP contribution in [-0.4, -0.2) is 36.7 Å². The second-order valence-electron chi connectivity index (χ2n) is 6.90. The molecule has 1 unspecified atom stereocenters. The first-order chi connectivity index (χ1) is 12.7. The Kier molecular flexibility index (Phi) is 5.73. The number of aromatic nitrogens is 1. The van der Waals surface area contributed by atoms with E-state index >= 15 is 0 Å². The monoisotopic (exact) mass is 384 g/mol. The highest BCUT2D eigenvalue weighted by molar-refractivity contribution is 6.02. The fourth-order valence-corrected chi connectivity index (χ4v) is 3.90. The molecular weight excluding hydrogens is 360 g/mol. The number of amides is 1. The summed E-state index contributed by atoms with van der Waals surface area (Å²) in [6, 6.07) is 18.9. The molecule has 1 aliphatic rings. The Labute approximate surface area is 165 Å². The molecule has 0 saturated carbocycles. The summed E-state index contributed by atoms with van der Waals surface area (Å²) in [6.07, 6.45) is 1.13. The van der Waals surface area contributed by atoms with Crippen molar-refractivity contribution in [2.24, 2.45) is 5.73 Å². The van der Waals surface area contributed by atoms with Crippen LogP contribution in [0, 0.1) is 0 Å². The molecule has 1 saturated heterocycles. The van der Waals surface area contributed by atoms with E-state index < -0.39 is 5.91 Å². The van der Waals surface area contributed by atoms with Gasteiger partial charge in [0.15, 0.2) is 0 Å². The van der Waals surface area contributed by atoms with Gasteiger partial charge in [0.25, 0.3) is 5.91 Å². The summed E-state index contributed by atoms with van der Waals surface area (Å²) in [5.74, 6) is -0.391. The number of hydrogen-bond acceptors (Lipinski definition) is 3. The fraction of sp³-hybridized carbons (Fsp3) is 0.286. The van der Waals surface area contributed by atoms with Crippen LogP contribution in [0.25, 0.3) is 10.9 Å². The molecule has 5 nitrogen and oxygen atoms in total. The molecule has 2 heterocycles. The topological polar surface area (TPSA) is 63.3 Å². The van der Waals surface area contributed by atoms with Crippen LogP contribution >= 0.6 is 12.4 Å². The van der Waals surface area contributed by atoms with E-state index in [1.807, 2.05) is 35.9 Å². The third-order valence-electron chi connectivity index (χ3n) is 5.30. The summed E-state index contributed by atoms with van der Waals surface area (Å²) in [5.41, 5.74) is 9.62. The molecule has 1 aliphatic heterocycles. The Hall–Kier alpha value is -2.50. The molecular formula is C21H25ClN4O. The number of hydrogen-bond donors (Lipinski definition) is 2. The quantitative estimate of drug-likeness (QED) is 0.710. The van der Waals surface area contributed by atoms with Crippen LogP contribution in [0.15, 0.2) is 54.6 Å². The number of nitrogens with one attached hydrogen (secondary N) is 1. The summed E-state index contributed by atoms with van der Waals surface area (Å²) in [7, 11) is 2.01. The minimum Gasteiger partial charge on any atom is -0.369 e. The van der Waals surface area contributed by atoms with E-state index in [4.69, 9.17) is 5.73 Å². The third kappa shape index (κ3) is 3.66. The van der Waals surface area contributed by atoms with Gasteiger partial charge >= 0.3 is 0 Å². The fourth-order valence-electron chi connectivity index (χ4n) is 3.90. The number of nitrogens with zero attached hydrogens (tertiary/aromatic N) is 2. The smallest absolute Gasteiger partial charge is 0.265 e. The van der Waals surface area contributed by atoms with Crippen LogP contribution in [0.5, 0.6) is 0 Å². The molecule has 1 aromatic heterocycles. The number of carbonyl (C=O) groups is 1. The van der Waals surface area contributed by atoms with Crippen LogP contribution in [0.2, 0.25) is 0 Å². The van der Waals surface area contributed by atoms with Gasteiger partial charge in [0.05, 0.1) is 5.52 Å². The highest BCUT2D eigenvalue weighted by Gasteiger charge is 2.24. The summed E-state index contributed by atoms with van der Waals surface area (Å²) >= 11 is 0. The number of anilines is 1. The van der Waals surface area contributed by atoms with Crippen molar-refractivity contribution in [3.8, 4) is 0 Å². The Morgan fingerprint density at radius 3 is 2.63 bits per heavy atom. The molecule has 1 atom stereocenters. The van der Waals surface area contributed by atoms with Crippen molar-refractivity contribution >= 4 is 34.9 Å². The first kappa shape index (κ1) is 19.3. The second kappa shape index (κ2) is 8.03. The van der Waals surface area contributed by atoms with Crippen molar-refractivity contribution in [3.05, 3.63) is 65.9 Å². The van der Waals surface area contributed by atoms with Crippen LogP contribution in [0.1, 0.15) is 22.5 Å². The molecule has 4 rings (SSSR count). The van der Waals surface area contributed by atoms with E-state index in [1.54, 1.807) is 0 Å². The van der Waals surface area contributed by atoms with Crippen molar-refractivity contribution in [3.63, 3.8) is 0 Å². The maximum atomic E-state index is 12.1. The maximum Gasteiger partial charge on any atom is 0.265 e. The van der Waals surface area contributed by atoms with Crippen LogP contribution in [-0.2, 0) is 6.54 Å². The molecule has 142 valence electrons. The Morgan fingerprint density at radius 2 is 1.96 bits per heavy atom. The predicted octanol–water partition coefficient (Wildman–Crippen LogP) is 3.01. The minimum atomic E-state index is -0.391. The lowest BCUT2D eigenvalue weighted by molar-refractivity contribution is 0.0992. The largest absolute Gasteiger partial charge is 0.369 e. The molecule has 3 aromatic rings. The van der Waals surface area contributed by atoms with E-state index in [-0.39, 0.29) is 12.4 Å². The summed E-state index contributed by atoms with van der Waals surface area (Å²) in [5, 5.41) is 4.45. The van der Waals surface area contributed by atoms with E-state index in [2.05, 4.69) is 40.5 Å². The zero-order valence-corrected chi connectivity index (χ0v) is 16.2. The standard InChI is InChI=1S/C21H24N4O.ClH/c1-23-16-10-11-24(14-16)18-8-5-9-19-17(18)12-20(21(22)26)25(19)13-15-6-3-2-4-7-15;/h2-9,12,16,23H,10-11,13-14H2,1H3,(H2,22,26);1H. The molecule has 0 radical (unpaired) electrons. The van der Waals surface area contributed by atoms with E-state index in [1.165, 1.54) is 5.69 Å². The first-order valence-electron chi connectivity index (χ1n) is 9.05. The number of fused-ring (bicyclic) bond motifs is 1. The third-order valence-corrected chi connectivity index (χ3v) is 5.30. The van der Waals surface area contributed by atoms with Crippen LogP contribution in [0.3, 0.4) is 0 Å². The molecule has 2 aromatic carbocycles. The SMILES string of the molecule is CNC1CCN(c2cccc3c2cc(C(N)=O)n3Cc2ccccc2)C1.Cl. The average Bonchev–Trinajstić information content (AvgIpc) is 3.27. The molecule has 0 bridgehead atoms. The van der Waals surface area contributed by atoms with Crippen molar-refractivity contribution in [2.75, 3.05) is 25.0 Å². The van der Waals surface area contributed by atoms with Crippen molar-refractivity contribution in [2.45, 2.75) is 19.0 Å². The van der Waals surface area contributed by atoms with E-state index in [0.29, 0.717) is 18.3 Å². The van der Waals surface area contributed by atoms with Crippen LogP contribution in [0.4, 0.5) is 5.69 Å². The Morgan fingerprint density at radius 1 is 1.19 bits per heavy atom. The number of primary amides is 1. The van der Waals surface area contributed by atoms with Gasteiger partial charge in [-0.05, 0) is 37.2 Å². The molecule has 27 heavy (non-hydrogen) atoms. The van der Waals surface area contributed by atoms with E-state index in [9.17, 15) is 4.79 Å². The van der Waals surface area contributed by atoms with Gasteiger partial charge in [-0.2, -0.15) is 0 Å². The van der Waals surface area contributed by atoms with Crippen molar-refractivity contribution < 1.29 is 4.79 Å². The summed E-state index contributed by atoms with van der Waals surface area (Å²) < 4.78 is 2.03. The number of nitrogens with two attached hydrogens (primary N) is 1. The first-order valence-corrected chi connectivity index (χ1v) is 9.05. The van der Waals surface area contributed by atoms with Gasteiger partial charge in [0, 0.05) is 36.7 Å². The summed E-state index contributed by atoms with van der Waals surface area (Å²) in [6.45, 7) is 2.62. The highest BCUT2D eigenvalue weighted by Crippen LogP contribution is 2.32. The number of likely N-dealkylation sites (N-methyl/N-ethyl adjacent to an activating group) is 1. The number of benzene rings is 2. The molecule has 0 aliphatic carbocycles. The zero-order chi connectivity index (χ0) is 18.1. The molecule has 1 amide bonds. The molecule has 0 spiro atoms. The molecule has 1 fully saturated rings. The second-order valence-corrected chi connectivity index (χ2v) is 6.90. The maximum absolute atomic E-state index is 12.1. The minimum absolute atomic E-state index is 0. The van der Waals surface area contributed by atoms with Gasteiger partial charge in [-0.3, -0.25) is 4.79 Å². The zero-order valence-electron chi connectivity index (χ0n) is 15.4. The van der Waals surface area contributed by atoms with Gasteiger partial charge in [-0.15, -0.1) is 12.4 Å². The summed E-state index contributed by atoms with van der Waals surface area (Å²) in [4.78, 5) is 14.5. The van der Waals surface area contributed by atoms with Crippen molar-refractivity contribution in [1.82, 2.24) is 9.88 Å². The molecule has 6 heteroatoms. The van der Waals surface area contributed by atoms with Crippen molar-refractivity contribution in [1.29, 1.82) is 0 Å².